The van der Waals surface area contributed by atoms with Gasteiger partial charge in [0, 0.05) is 5.92 Å². The van der Waals surface area contributed by atoms with Gasteiger partial charge < -0.3 is 9.84 Å². The standard InChI is InChI=1S/C21H26F2O2/c1-3-20(24)16-5-4-15-13-19(9-6-14(15)12-16)25-18-10-7-17(8-11-18)21(2,22)23/h4-6,9,12-13,17-18,20,24H,3,7-8,10-11H2,1-2H3. The summed E-state index contributed by atoms with van der Waals surface area (Å²) in [6.45, 7) is 2.97. The Bertz CT molecular complexity index is 715. The Balaban J connectivity index is 1.67. The zero-order valence-corrected chi connectivity index (χ0v) is 14.8. The number of aliphatic hydroxyl groups excluding tert-OH is 1. The van der Waals surface area contributed by atoms with Crippen LogP contribution in [0.25, 0.3) is 10.8 Å². The number of benzene rings is 2. The lowest BCUT2D eigenvalue weighted by Crippen LogP contribution is -2.32. The molecule has 1 fully saturated rings. The molecule has 1 aliphatic carbocycles. The summed E-state index contributed by atoms with van der Waals surface area (Å²) in [7, 11) is 0. The van der Waals surface area contributed by atoms with E-state index in [0.717, 1.165) is 29.0 Å². The van der Waals surface area contributed by atoms with E-state index in [1.54, 1.807) is 0 Å². The first-order valence-electron chi connectivity index (χ1n) is 9.13. The third kappa shape index (κ3) is 4.30. The third-order valence-corrected chi connectivity index (χ3v) is 5.30. The van der Waals surface area contributed by atoms with Gasteiger partial charge in [-0.05, 0) is 73.6 Å². The van der Waals surface area contributed by atoms with Gasteiger partial charge in [-0.3, -0.25) is 0 Å². The minimum absolute atomic E-state index is 0.0113. The molecule has 1 atom stereocenters. The summed E-state index contributed by atoms with van der Waals surface area (Å²) >= 11 is 0. The van der Waals surface area contributed by atoms with Crippen LogP contribution in [0, 0.1) is 5.92 Å². The molecule has 0 heterocycles. The van der Waals surface area contributed by atoms with Crippen molar-refractivity contribution in [2.75, 3.05) is 0 Å². The summed E-state index contributed by atoms with van der Waals surface area (Å²) in [6, 6.07) is 11.8. The van der Waals surface area contributed by atoms with Crippen LogP contribution in [0.15, 0.2) is 36.4 Å². The maximum atomic E-state index is 13.4. The number of aliphatic hydroxyl groups is 1. The molecule has 0 aromatic heterocycles. The van der Waals surface area contributed by atoms with E-state index in [0.29, 0.717) is 32.1 Å². The van der Waals surface area contributed by atoms with Gasteiger partial charge in [0.2, 0.25) is 5.92 Å². The van der Waals surface area contributed by atoms with Crippen LogP contribution in [0.1, 0.15) is 57.6 Å². The van der Waals surface area contributed by atoms with Gasteiger partial charge >= 0.3 is 0 Å². The van der Waals surface area contributed by atoms with Gasteiger partial charge in [-0.2, -0.15) is 0 Å². The molecular formula is C21H26F2O2. The van der Waals surface area contributed by atoms with Crippen LogP contribution in [0.5, 0.6) is 5.75 Å². The lowest BCUT2D eigenvalue weighted by atomic mass is 9.84. The minimum Gasteiger partial charge on any atom is -0.490 e. The van der Waals surface area contributed by atoms with Crippen molar-refractivity contribution in [1.82, 2.24) is 0 Å². The van der Waals surface area contributed by atoms with Crippen molar-refractivity contribution in [3.05, 3.63) is 42.0 Å². The minimum atomic E-state index is -2.59. The third-order valence-electron chi connectivity index (χ3n) is 5.30. The van der Waals surface area contributed by atoms with E-state index in [1.807, 2.05) is 43.3 Å². The highest BCUT2D eigenvalue weighted by Gasteiger charge is 2.37. The molecule has 4 heteroatoms. The summed E-state index contributed by atoms with van der Waals surface area (Å²) < 4.78 is 32.8. The average molecular weight is 348 g/mol. The first-order valence-corrected chi connectivity index (χ1v) is 9.13. The maximum absolute atomic E-state index is 13.4. The van der Waals surface area contributed by atoms with Crippen molar-refractivity contribution >= 4 is 10.8 Å². The van der Waals surface area contributed by atoms with Crippen LogP contribution < -0.4 is 4.74 Å². The Hall–Kier alpha value is -1.68. The van der Waals surface area contributed by atoms with Crippen LogP contribution >= 0.6 is 0 Å². The lowest BCUT2D eigenvalue weighted by molar-refractivity contribution is -0.0630. The van der Waals surface area contributed by atoms with E-state index in [9.17, 15) is 13.9 Å². The monoisotopic (exact) mass is 348 g/mol. The van der Waals surface area contributed by atoms with Crippen molar-refractivity contribution in [2.45, 2.75) is 64.1 Å². The molecular weight excluding hydrogens is 322 g/mol. The predicted molar refractivity (Wildman–Crippen MR) is 96.2 cm³/mol. The number of halogens is 2. The molecule has 0 aliphatic heterocycles. The smallest absolute Gasteiger partial charge is 0.248 e. The largest absolute Gasteiger partial charge is 0.490 e. The molecule has 0 bridgehead atoms. The summed E-state index contributed by atoms with van der Waals surface area (Å²) in [4.78, 5) is 0. The fourth-order valence-corrected chi connectivity index (χ4v) is 3.64. The van der Waals surface area contributed by atoms with Crippen LogP contribution in [0.2, 0.25) is 0 Å². The van der Waals surface area contributed by atoms with E-state index < -0.39 is 17.9 Å². The summed E-state index contributed by atoms with van der Waals surface area (Å²) in [6.07, 6.45) is 2.64. The number of hydrogen-bond acceptors (Lipinski definition) is 2. The first kappa shape index (κ1) is 18.1. The molecule has 1 saturated carbocycles. The maximum Gasteiger partial charge on any atom is 0.248 e. The fourth-order valence-electron chi connectivity index (χ4n) is 3.64. The molecule has 0 saturated heterocycles. The van der Waals surface area contributed by atoms with Crippen LogP contribution in [0.3, 0.4) is 0 Å². The number of ether oxygens (including phenoxy) is 1. The molecule has 0 spiro atoms. The molecule has 1 aliphatic rings. The average Bonchev–Trinajstić information content (AvgIpc) is 2.60. The normalized spacial score (nSPS) is 22.8. The number of fused-ring (bicyclic) bond motifs is 1. The Kier molecular flexibility index (Phi) is 5.28. The molecule has 0 radical (unpaired) electrons. The second-order valence-electron chi connectivity index (χ2n) is 7.24. The highest BCUT2D eigenvalue weighted by Crippen LogP contribution is 2.37. The second kappa shape index (κ2) is 7.28. The van der Waals surface area contributed by atoms with Crippen molar-refractivity contribution in [2.24, 2.45) is 5.92 Å². The van der Waals surface area contributed by atoms with Crippen LogP contribution in [-0.2, 0) is 0 Å². The molecule has 1 N–H and O–H groups in total. The van der Waals surface area contributed by atoms with Crippen molar-refractivity contribution in [3.63, 3.8) is 0 Å². The number of rotatable bonds is 5. The first-order chi connectivity index (χ1) is 11.9. The number of hydrogen-bond donors (Lipinski definition) is 1. The molecule has 1 unspecified atom stereocenters. The Morgan fingerprint density at radius 1 is 1.08 bits per heavy atom. The van der Waals surface area contributed by atoms with Crippen LogP contribution in [0.4, 0.5) is 8.78 Å². The molecule has 25 heavy (non-hydrogen) atoms. The molecule has 2 nitrogen and oxygen atoms in total. The van der Waals surface area contributed by atoms with Crippen LogP contribution in [-0.4, -0.2) is 17.1 Å². The second-order valence-corrected chi connectivity index (χ2v) is 7.24. The van der Waals surface area contributed by atoms with Gasteiger partial charge in [0.1, 0.15) is 5.75 Å². The van der Waals surface area contributed by atoms with Gasteiger partial charge in [0.15, 0.2) is 0 Å². The Morgan fingerprint density at radius 2 is 1.72 bits per heavy atom. The van der Waals surface area contributed by atoms with Gasteiger partial charge in [-0.25, -0.2) is 8.78 Å². The molecule has 2 aromatic rings. The van der Waals surface area contributed by atoms with E-state index >= 15 is 0 Å². The molecule has 136 valence electrons. The fraction of sp³-hybridized carbons (Fsp3) is 0.524. The van der Waals surface area contributed by atoms with E-state index in [1.165, 1.54) is 0 Å². The summed E-state index contributed by atoms with van der Waals surface area (Å²) in [5.74, 6) is -2.33. The zero-order chi connectivity index (χ0) is 18.0. The van der Waals surface area contributed by atoms with Crippen molar-refractivity contribution in [1.29, 1.82) is 0 Å². The van der Waals surface area contributed by atoms with E-state index in [2.05, 4.69) is 0 Å². The van der Waals surface area contributed by atoms with Gasteiger partial charge in [0.05, 0.1) is 12.2 Å². The lowest BCUT2D eigenvalue weighted by Gasteiger charge is -2.32. The topological polar surface area (TPSA) is 29.5 Å². The molecule has 3 rings (SSSR count). The summed E-state index contributed by atoms with van der Waals surface area (Å²) in [5, 5.41) is 12.1. The SMILES string of the molecule is CCC(O)c1ccc2cc(OC3CCC(C(C)(F)F)CC3)ccc2c1. The van der Waals surface area contributed by atoms with E-state index in [4.69, 9.17) is 4.74 Å². The predicted octanol–water partition coefficient (Wildman–Crippen LogP) is 5.88. The molecule has 0 amide bonds. The highest BCUT2D eigenvalue weighted by atomic mass is 19.3. The van der Waals surface area contributed by atoms with Gasteiger partial charge in [-0.1, -0.05) is 25.1 Å². The van der Waals surface area contributed by atoms with Crippen molar-refractivity contribution in [3.8, 4) is 5.75 Å². The Morgan fingerprint density at radius 3 is 2.36 bits per heavy atom. The van der Waals surface area contributed by atoms with Gasteiger partial charge in [-0.15, -0.1) is 0 Å². The molecule has 2 aromatic carbocycles. The van der Waals surface area contributed by atoms with Gasteiger partial charge in [0.25, 0.3) is 0 Å². The van der Waals surface area contributed by atoms with Crippen molar-refractivity contribution < 1.29 is 18.6 Å². The quantitative estimate of drug-likeness (QED) is 0.731. The Labute approximate surface area is 147 Å². The highest BCUT2D eigenvalue weighted by molar-refractivity contribution is 5.84. The summed E-state index contributed by atoms with van der Waals surface area (Å²) in [5.41, 5.74) is 0.919. The van der Waals surface area contributed by atoms with E-state index in [-0.39, 0.29) is 6.10 Å². The zero-order valence-electron chi connectivity index (χ0n) is 14.8. The number of alkyl halides is 2.